The summed E-state index contributed by atoms with van der Waals surface area (Å²) >= 11 is 0. The molecule has 9 N–H and O–H groups in total. The third-order valence-electron chi connectivity index (χ3n) is 13.9. The van der Waals surface area contributed by atoms with Crippen molar-refractivity contribution in [3.05, 3.63) is 12.2 Å². The number of hydrogen-bond donors (Lipinski definition) is 8. The average molecular weight is 638 g/mol. The molecule has 11 nitrogen and oxygen atoms in total. The number of rotatable bonds is 5. The number of ether oxygens (including phenoxy) is 1. The molecule has 6 aliphatic rings. The molecule has 5 aliphatic carbocycles. The molecule has 0 spiro atoms. The van der Waals surface area contributed by atoms with E-state index in [-0.39, 0.29) is 24.4 Å². The van der Waals surface area contributed by atoms with Crippen molar-refractivity contribution in [1.29, 1.82) is 0 Å². The number of likely N-dealkylation sites (N-methyl/N-ethyl adjacent to an activating group) is 1. The van der Waals surface area contributed by atoms with E-state index in [2.05, 4.69) is 22.9 Å². The molecule has 0 aromatic heterocycles. The van der Waals surface area contributed by atoms with Gasteiger partial charge in [0, 0.05) is 57.1 Å². The van der Waals surface area contributed by atoms with Crippen LogP contribution in [0.5, 0.6) is 0 Å². The first-order chi connectivity index (χ1) is 21.1. The Labute approximate surface area is 268 Å². The van der Waals surface area contributed by atoms with Gasteiger partial charge in [-0.1, -0.05) is 26.0 Å². The maximum Gasteiger partial charge on any atom is 0.123 e. The lowest BCUT2D eigenvalue weighted by Crippen LogP contribution is -2.79. The fourth-order valence-electron chi connectivity index (χ4n) is 11.8. The van der Waals surface area contributed by atoms with Crippen molar-refractivity contribution < 1.29 is 40.5 Å². The Balaban J connectivity index is 1.27. The number of aliphatic hydroxyl groups is 7. The molecule has 0 amide bonds. The molecule has 1 aliphatic heterocycles. The summed E-state index contributed by atoms with van der Waals surface area (Å²) in [5, 5.41) is 80.1. The Hall–Kier alpha value is -0.700. The quantitative estimate of drug-likeness (QED) is 0.142. The summed E-state index contributed by atoms with van der Waals surface area (Å²) in [5.41, 5.74) is 1.87. The summed E-state index contributed by atoms with van der Waals surface area (Å²) in [4.78, 5) is 4.93. The minimum atomic E-state index is -2.11. The minimum Gasteiger partial charge on any atom is -0.393 e. The van der Waals surface area contributed by atoms with Gasteiger partial charge in [-0.2, -0.15) is 0 Å². The number of piperazine rings is 1. The van der Waals surface area contributed by atoms with Crippen molar-refractivity contribution in [3.8, 4) is 0 Å². The van der Waals surface area contributed by atoms with Crippen LogP contribution in [0.1, 0.15) is 52.4 Å². The van der Waals surface area contributed by atoms with Gasteiger partial charge < -0.3 is 56.0 Å². The van der Waals surface area contributed by atoms with Crippen LogP contribution in [0, 0.1) is 52.3 Å². The molecule has 45 heavy (non-hydrogen) atoms. The van der Waals surface area contributed by atoms with Crippen molar-refractivity contribution in [2.75, 3.05) is 46.9 Å². The number of nitrogens with two attached hydrogens (primary N) is 1. The van der Waals surface area contributed by atoms with Gasteiger partial charge in [0.1, 0.15) is 11.8 Å². The fraction of sp³-hybridized carbons (Fsp3) is 0.941. The van der Waals surface area contributed by atoms with Crippen LogP contribution in [-0.4, -0.2) is 141 Å². The van der Waals surface area contributed by atoms with Gasteiger partial charge in [-0.15, -0.1) is 0 Å². The standard InChI is InChI=1S/C34H59N3O8/c1-32-14-21-20(18-5-8-24(45-4)19(13-18)16-37-11-9-36(3)10-12-37)6-7-22(38)25(21)28(40)27(32)30(42)34(44)29(41)26(31(35)43)23(39)15-33(34,2)17-32/h6-7,18-31,38-44H,5,8-17,35H2,1-4H3/t18?,19?,20?,21?,22?,23?,24?,25?,26?,27?,28?,29?,30?,31?,32-,33+,34+/m0/s1. The highest BCUT2D eigenvalue weighted by Gasteiger charge is 2.73. The molecule has 1 heterocycles. The first-order valence-electron chi connectivity index (χ1n) is 17.3. The third-order valence-corrected chi connectivity index (χ3v) is 13.9. The summed E-state index contributed by atoms with van der Waals surface area (Å²) in [7, 11) is 3.99. The lowest BCUT2D eigenvalue weighted by molar-refractivity contribution is -0.335. The van der Waals surface area contributed by atoms with Crippen molar-refractivity contribution in [2.45, 2.75) is 101 Å². The molecule has 4 saturated carbocycles. The number of methoxy groups -OCH3 is 1. The van der Waals surface area contributed by atoms with Gasteiger partial charge in [0.05, 0.1) is 42.5 Å². The van der Waals surface area contributed by atoms with Crippen molar-refractivity contribution in [1.82, 2.24) is 9.80 Å². The van der Waals surface area contributed by atoms with E-state index < -0.39 is 70.9 Å². The van der Waals surface area contributed by atoms with Crippen LogP contribution in [0.25, 0.3) is 0 Å². The SMILES string of the molecule is COC1CCC(C2C=CC(O)C3C(O)C4C(O)[C@]5(O)C(O)C(C(N)O)C(O)C[C@]5(C)C[C@]4(C)CC23)CC1CN1CCN(C)CC1. The van der Waals surface area contributed by atoms with Crippen molar-refractivity contribution >= 4 is 0 Å². The highest BCUT2D eigenvalue weighted by molar-refractivity contribution is 5.24. The number of nitrogens with zero attached hydrogens (tertiary/aromatic N) is 2. The van der Waals surface area contributed by atoms with E-state index >= 15 is 0 Å². The van der Waals surface area contributed by atoms with Gasteiger partial charge in [-0.3, -0.25) is 0 Å². The number of hydrogen-bond acceptors (Lipinski definition) is 11. The van der Waals surface area contributed by atoms with Crippen molar-refractivity contribution in [2.24, 2.45) is 58.0 Å². The Morgan fingerprint density at radius 1 is 0.978 bits per heavy atom. The number of allylic oxidation sites excluding steroid dienone is 1. The first-order valence-corrected chi connectivity index (χ1v) is 17.3. The summed E-state index contributed by atoms with van der Waals surface area (Å²) in [5.74, 6) is -1.73. The Morgan fingerprint density at radius 3 is 2.31 bits per heavy atom. The number of fused-ring (bicyclic) bond motifs is 3. The topological polar surface area (TPSA) is 183 Å². The van der Waals surface area contributed by atoms with Crippen LogP contribution in [-0.2, 0) is 4.74 Å². The van der Waals surface area contributed by atoms with Gasteiger partial charge in [0.15, 0.2) is 0 Å². The first kappa shape index (κ1) is 34.2. The average Bonchev–Trinajstić information content (AvgIpc) is 2.96. The van der Waals surface area contributed by atoms with E-state index in [0.717, 1.165) is 52.0 Å². The van der Waals surface area contributed by atoms with Gasteiger partial charge >= 0.3 is 0 Å². The zero-order valence-electron chi connectivity index (χ0n) is 27.5. The van der Waals surface area contributed by atoms with Gasteiger partial charge in [0.25, 0.3) is 0 Å². The Kier molecular flexibility index (Phi) is 9.36. The molecule has 0 radical (unpaired) electrons. The smallest absolute Gasteiger partial charge is 0.123 e. The monoisotopic (exact) mass is 637 g/mol. The minimum absolute atomic E-state index is 0.0336. The van der Waals surface area contributed by atoms with Crippen LogP contribution >= 0.6 is 0 Å². The molecule has 11 heteroatoms. The second-order valence-corrected chi connectivity index (χ2v) is 16.6. The van der Waals surface area contributed by atoms with E-state index in [1.54, 1.807) is 6.92 Å². The molecule has 6 rings (SSSR count). The largest absolute Gasteiger partial charge is 0.393 e. The van der Waals surface area contributed by atoms with E-state index in [1.807, 2.05) is 20.1 Å². The van der Waals surface area contributed by atoms with E-state index in [0.29, 0.717) is 24.7 Å². The van der Waals surface area contributed by atoms with E-state index in [4.69, 9.17) is 10.5 Å². The Bertz CT molecular complexity index is 1090. The van der Waals surface area contributed by atoms with Crippen molar-refractivity contribution in [3.63, 3.8) is 0 Å². The van der Waals surface area contributed by atoms with Crippen LogP contribution in [0.2, 0.25) is 0 Å². The second kappa shape index (κ2) is 12.3. The summed E-state index contributed by atoms with van der Waals surface area (Å²) < 4.78 is 6.00. The molecular weight excluding hydrogens is 578 g/mol. The fourth-order valence-corrected chi connectivity index (χ4v) is 11.8. The van der Waals surface area contributed by atoms with Gasteiger partial charge in [-0.05, 0) is 74.7 Å². The highest BCUT2D eigenvalue weighted by atomic mass is 16.5. The molecule has 17 atom stereocenters. The van der Waals surface area contributed by atoms with Crippen LogP contribution in [0.3, 0.4) is 0 Å². The zero-order chi connectivity index (χ0) is 32.6. The summed E-state index contributed by atoms with van der Waals surface area (Å²) in [6.07, 6.45) is 0.182. The molecule has 0 aromatic rings. The van der Waals surface area contributed by atoms with Gasteiger partial charge in [-0.25, -0.2) is 0 Å². The molecule has 258 valence electrons. The van der Waals surface area contributed by atoms with Crippen LogP contribution in [0.4, 0.5) is 0 Å². The molecule has 1 saturated heterocycles. The molecule has 0 aromatic carbocycles. The Morgan fingerprint density at radius 2 is 1.67 bits per heavy atom. The predicted octanol–water partition coefficient (Wildman–Crippen LogP) is -0.648. The van der Waals surface area contributed by atoms with E-state index in [1.165, 1.54) is 0 Å². The van der Waals surface area contributed by atoms with E-state index in [9.17, 15) is 35.7 Å². The molecule has 5 fully saturated rings. The third kappa shape index (κ3) is 5.46. The highest BCUT2D eigenvalue weighted by Crippen LogP contribution is 2.67. The zero-order valence-corrected chi connectivity index (χ0v) is 27.5. The normalized spacial score (nSPS) is 55.0. The lowest BCUT2D eigenvalue weighted by Gasteiger charge is -2.69. The maximum atomic E-state index is 12.2. The second-order valence-electron chi connectivity index (χ2n) is 16.6. The summed E-state index contributed by atoms with van der Waals surface area (Å²) in [6, 6.07) is 0. The van der Waals surface area contributed by atoms with Gasteiger partial charge in [0.2, 0.25) is 0 Å². The molecule has 0 bridgehead atoms. The number of aliphatic hydroxyl groups excluding tert-OH is 6. The molecule has 14 unspecified atom stereocenters. The maximum absolute atomic E-state index is 12.2. The lowest BCUT2D eigenvalue weighted by atomic mass is 9.39. The van der Waals surface area contributed by atoms with Crippen LogP contribution < -0.4 is 5.73 Å². The summed E-state index contributed by atoms with van der Waals surface area (Å²) in [6.45, 7) is 9.09. The molecular formula is C34H59N3O8. The predicted molar refractivity (Wildman–Crippen MR) is 167 cm³/mol. The van der Waals surface area contributed by atoms with Crippen LogP contribution in [0.15, 0.2) is 12.2 Å².